The summed E-state index contributed by atoms with van der Waals surface area (Å²) in [6.45, 7) is 3.81. The molecule has 0 radical (unpaired) electrons. The summed E-state index contributed by atoms with van der Waals surface area (Å²) in [7, 11) is 0. The zero-order valence-corrected chi connectivity index (χ0v) is 12.7. The van der Waals surface area contributed by atoms with Gasteiger partial charge in [0.05, 0.1) is 11.1 Å². The lowest BCUT2D eigenvalue weighted by Crippen LogP contribution is -2.39. The van der Waals surface area contributed by atoms with Crippen molar-refractivity contribution in [3.05, 3.63) is 27.7 Å². The molecule has 0 fully saturated rings. The molecule has 0 aliphatic heterocycles. The quantitative estimate of drug-likeness (QED) is 0.884. The van der Waals surface area contributed by atoms with Gasteiger partial charge in [-0.3, -0.25) is 4.79 Å². The molecule has 0 aliphatic carbocycles. The van der Waals surface area contributed by atoms with Gasteiger partial charge in [0, 0.05) is 10.2 Å². The summed E-state index contributed by atoms with van der Waals surface area (Å²) < 4.78 is 0.741. The second-order valence-corrected chi connectivity index (χ2v) is 5.15. The summed E-state index contributed by atoms with van der Waals surface area (Å²) in [5.74, 6) is -0.0834. The van der Waals surface area contributed by atoms with E-state index in [0.29, 0.717) is 10.7 Å². The molecule has 0 saturated heterocycles. The van der Waals surface area contributed by atoms with Crippen LogP contribution in [0.4, 0.5) is 5.69 Å². The van der Waals surface area contributed by atoms with Gasteiger partial charge >= 0.3 is 0 Å². The molecular weight excluding hydrogens is 327 g/mol. The van der Waals surface area contributed by atoms with Crippen molar-refractivity contribution >= 4 is 51.5 Å². The van der Waals surface area contributed by atoms with E-state index in [1.165, 1.54) is 0 Å². The molecular formula is C11H15BrCl2N2O. The Balaban J connectivity index is 0.00000256. The number of anilines is 1. The van der Waals surface area contributed by atoms with Crippen LogP contribution in [-0.4, -0.2) is 11.9 Å². The zero-order chi connectivity index (χ0) is 12.3. The number of benzene rings is 1. The van der Waals surface area contributed by atoms with Crippen LogP contribution in [0.2, 0.25) is 5.02 Å². The second kappa shape index (κ2) is 7.21. The van der Waals surface area contributed by atoms with E-state index >= 15 is 0 Å². The highest BCUT2D eigenvalue weighted by molar-refractivity contribution is 9.10. The average molecular weight is 342 g/mol. The van der Waals surface area contributed by atoms with Crippen LogP contribution in [0.5, 0.6) is 0 Å². The summed E-state index contributed by atoms with van der Waals surface area (Å²) in [6, 6.07) is 4.68. The summed E-state index contributed by atoms with van der Waals surface area (Å²) in [5.41, 5.74) is 6.40. The van der Waals surface area contributed by atoms with Crippen molar-refractivity contribution in [1.29, 1.82) is 0 Å². The van der Waals surface area contributed by atoms with E-state index < -0.39 is 6.04 Å². The lowest BCUT2D eigenvalue weighted by Gasteiger charge is -2.15. The van der Waals surface area contributed by atoms with Crippen LogP contribution < -0.4 is 11.1 Å². The number of hydrogen-bond acceptors (Lipinski definition) is 2. The lowest BCUT2D eigenvalue weighted by molar-refractivity contribution is -0.118. The van der Waals surface area contributed by atoms with Crippen molar-refractivity contribution in [2.75, 3.05) is 5.32 Å². The van der Waals surface area contributed by atoms with Crippen LogP contribution in [-0.2, 0) is 4.79 Å². The molecule has 0 bridgehead atoms. The SMILES string of the molecule is CC(C)[C@H](N)C(=O)Nc1ccc(Cl)c(Br)c1.Cl. The molecule has 6 heteroatoms. The number of rotatable bonds is 3. The molecule has 0 spiro atoms. The Labute approximate surface area is 121 Å². The molecule has 0 aromatic heterocycles. The first kappa shape index (κ1) is 16.7. The van der Waals surface area contributed by atoms with Crippen LogP contribution >= 0.6 is 39.9 Å². The highest BCUT2D eigenvalue weighted by atomic mass is 79.9. The minimum Gasteiger partial charge on any atom is -0.325 e. The largest absolute Gasteiger partial charge is 0.325 e. The highest BCUT2D eigenvalue weighted by Gasteiger charge is 2.17. The van der Waals surface area contributed by atoms with E-state index in [4.69, 9.17) is 17.3 Å². The molecule has 0 unspecified atom stereocenters. The van der Waals surface area contributed by atoms with Gasteiger partial charge in [-0.1, -0.05) is 25.4 Å². The summed E-state index contributed by atoms with van der Waals surface area (Å²) >= 11 is 9.13. The lowest BCUT2D eigenvalue weighted by atomic mass is 10.1. The Hall–Kier alpha value is -0.290. The van der Waals surface area contributed by atoms with Gasteiger partial charge in [0.25, 0.3) is 0 Å². The van der Waals surface area contributed by atoms with Gasteiger partial charge in [-0.2, -0.15) is 0 Å². The molecule has 96 valence electrons. The van der Waals surface area contributed by atoms with Gasteiger partial charge in [-0.05, 0) is 40.0 Å². The maximum absolute atomic E-state index is 11.7. The number of halogens is 3. The Kier molecular flexibility index (Phi) is 7.09. The van der Waals surface area contributed by atoms with E-state index in [-0.39, 0.29) is 24.2 Å². The van der Waals surface area contributed by atoms with Crippen molar-refractivity contribution in [1.82, 2.24) is 0 Å². The van der Waals surface area contributed by atoms with Crippen molar-refractivity contribution in [2.45, 2.75) is 19.9 Å². The Bertz CT molecular complexity index is 399. The van der Waals surface area contributed by atoms with E-state index in [1.807, 2.05) is 13.8 Å². The number of carbonyl (C=O) groups is 1. The van der Waals surface area contributed by atoms with Crippen LogP contribution in [0.25, 0.3) is 0 Å². The summed E-state index contributed by atoms with van der Waals surface area (Å²) in [5, 5.41) is 3.34. The minimum atomic E-state index is -0.505. The smallest absolute Gasteiger partial charge is 0.241 e. The summed E-state index contributed by atoms with van der Waals surface area (Å²) in [6.07, 6.45) is 0. The second-order valence-electron chi connectivity index (χ2n) is 3.89. The fourth-order valence-electron chi connectivity index (χ4n) is 1.10. The molecule has 3 nitrogen and oxygen atoms in total. The molecule has 0 saturated carbocycles. The van der Waals surface area contributed by atoms with Gasteiger partial charge in [0.1, 0.15) is 0 Å². The fraction of sp³-hybridized carbons (Fsp3) is 0.364. The molecule has 1 rings (SSSR count). The first-order valence-electron chi connectivity index (χ1n) is 4.93. The Morgan fingerprint density at radius 3 is 2.53 bits per heavy atom. The van der Waals surface area contributed by atoms with Crippen LogP contribution in [0.1, 0.15) is 13.8 Å². The maximum atomic E-state index is 11.7. The number of carbonyl (C=O) groups excluding carboxylic acids is 1. The van der Waals surface area contributed by atoms with Gasteiger partial charge < -0.3 is 11.1 Å². The molecule has 0 aliphatic rings. The third-order valence-corrected chi connectivity index (χ3v) is 3.42. The zero-order valence-electron chi connectivity index (χ0n) is 9.54. The summed E-state index contributed by atoms with van der Waals surface area (Å²) in [4.78, 5) is 11.7. The number of nitrogens with two attached hydrogens (primary N) is 1. The predicted molar refractivity (Wildman–Crippen MR) is 77.8 cm³/mol. The molecule has 1 aromatic rings. The van der Waals surface area contributed by atoms with E-state index in [9.17, 15) is 4.79 Å². The average Bonchev–Trinajstić information content (AvgIpc) is 2.22. The normalized spacial score (nSPS) is 11.9. The van der Waals surface area contributed by atoms with Crippen LogP contribution in [0, 0.1) is 5.92 Å². The highest BCUT2D eigenvalue weighted by Crippen LogP contribution is 2.25. The van der Waals surface area contributed by atoms with Gasteiger partial charge in [-0.25, -0.2) is 0 Å². The van der Waals surface area contributed by atoms with Gasteiger partial charge in [-0.15, -0.1) is 12.4 Å². The first-order valence-corrected chi connectivity index (χ1v) is 6.10. The van der Waals surface area contributed by atoms with Crippen LogP contribution in [0.15, 0.2) is 22.7 Å². The predicted octanol–water partition coefficient (Wildman–Crippen LogP) is 3.45. The molecule has 3 N–H and O–H groups in total. The first-order chi connectivity index (χ1) is 7.41. The molecule has 0 heterocycles. The number of amides is 1. The third-order valence-electron chi connectivity index (χ3n) is 2.21. The van der Waals surface area contributed by atoms with Crippen molar-refractivity contribution < 1.29 is 4.79 Å². The minimum absolute atomic E-state index is 0. The van der Waals surface area contributed by atoms with Gasteiger partial charge in [0.2, 0.25) is 5.91 Å². The monoisotopic (exact) mass is 340 g/mol. The molecule has 17 heavy (non-hydrogen) atoms. The molecule has 1 amide bonds. The topological polar surface area (TPSA) is 55.1 Å². The van der Waals surface area contributed by atoms with Crippen molar-refractivity contribution in [3.63, 3.8) is 0 Å². The fourth-order valence-corrected chi connectivity index (χ4v) is 1.60. The van der Waals surface area contributed by atoms with E-state index in [1.54, 1.807) is 18.2 Å². The van der Waals surface area contributed by atoms with E-state index in [0.717, 1.165) is 4.47 Å². The van der Waals surface area contributed by atoms with Crippen molar-refractivity contribution in [3.8, 4) is 0 Å². The van der Waals surface area contributed by atoms with Gasteiger partial charge in [0.15, 0.2) is 0 Å². The van der Waals surface area contributed by atoms with E-state index in [2.05, 4.69) is 21.2 Å². The molecule has 1 atom stereocenters. The van der Waals surface area contributed by atoms with Crippen LogP contribution in [0.3, 0.4) is 0 Å². The maximum Gasteiger partial charge on any atom is 0.241 e. The number of hydrogen-bond donors (Lipinski definition) is 2. The number of nitrogens with one attached hydrogen (secondary N) is 1. The Morgan fingerprint density at radius 1 is 1.47 bits per heavy atom. The molecule has 1 aromatic carbocycles. The third kappa shape index (κ3) is 4.84. The standard InChI is InChI=1S/C11H14BrClN2O.ClH/c1-6(2)10(14)11(16)15-7-3-4-9(13)8(12)5-7;/h3-6,10H,14H2,1-2H3,(H,15,16);1H/t10-;/m0./s1. The van der Waals surface area contributed by atoms with Crippen molar-refractivity contribution in [2.24, 2.45) is 11.7 Å². The Morgan fingerprint density at radius 2 is 2.06 bits per heavy atom.